The van der Waals surface area contributed by atoms with E-state index in [1.54, 1.807) is 30.3 Å². The van der Waals surface area contributed by atoms with Crippen LogP contribution in [-0.2, 0) is 4.79 Å². The number of nitrogens with zero attached hydrogens (tertiary/aromatic N) is 3. The Labute approximate surface area is 141 Å². The van der Waals surface area contributed by atoms with E-state index in [4.69, 9.17) is 0 Å². The van der Waals surface area contributed by atoms with Crippen LogP contribution in [0.4, 0.5) is 0 Å². The molecule has 2 N–H and O–H groups in total. The second kappa shape index (κ2) is 4.80. The third-order valence-corrected chi connectivity index (χ3v) is 6.13. The van der Waals surface area contributed by atoms with E-state index in [9.17, 15) is 25.7 Å². The summed E-state index contributed by atoms with van der Waals surface area (Å²) in [5.41, 5.74) is -4.92. The Bertz CT molecular complexity index is 792. The molecule has 6 nitrogen and oxygen atoms in total. The number of nitrogens with one attached hydrogen (secondary N) is 1. The van der Waals surface area contributed by atoms with Crippen molar-refractivity contribution in [2.45, 2.75) is 22.9 Å². The lowest BCUT2D eigenvalue weighted by Gasteiger charge is -2.47. The van der Waals surface area contributed by atoms with E-state index in [0.717, 1.165) is 0 Å². The fourth-order valence-corrected chi connectivity index (χ4v) is 4.67. The summed E-state index contributed by atoms with van der Waals surface area (Å²) in [4.78, 5) is 11.7. The second-order valence-electron chi connectivity index (χ2n) is 5.89. The Kier molecular flexibility index (Phi) is 3.23. The number of nitriles is 3. The van der Waals surface area contributed by atoms with Gasteiger partial charge in [0.2, 0.25) is 5.91 Å². The molecule has 0 spiro atoms. The van der Waals surface area contributed by atoms with E-state index in [0.29, 0.717) is 5.56 Å². The van der Waals surface area contributed by atoms with Crippen LogP contribution in [0.3, 0.4) is 0 Å². The number of carbonyl (C=O) groups excluding carboxylic acids is 1. The first kappa shape index (κ1) is 15.5. The zero-order valence-corrected chi connectivity index (χ0v) is 13.4. The van der Waals surface area contributed by atoms with Crippen molar-refractivity contribution < 1.29 is 9.90 Å². The smallest absolute Gasteiger partial charge is 0.245 e. The molecule has 1 aromatic rings. The van der Waals surface area contributed by atoms with Crippen molar-refractivity contribution in [1.29, 1.82) is 15.8 Å². The van der Waals surface area contributed by atoms with Crippen LogP contribution in [0.25, 0.3) is 0 Å². The molecule has 1 saturated carbocycles. The van der Waals surface area contributed by atoms with Gasteiger partial charge in [-0.15, -0.1) is 0 Å². The summed E-state index contributed by atoms with van der Waals surface area (Å²) in [5, 5.41) is 42.4. The first-order valence-electron chi connectivity index (χ1n) is 6.88. The summed E-state index contributed by atoms with van der Waals surface area (Å²) in [7, 11) is 0. The van der Waals surface area contributed by atoms with Gasteiger partial charge in [0, 0.05) is 12.3 Å². The van der Waals surface area contributed by atoms with Gasteiger partial charge in [-0.3, -0.25) is 4.79 Å². The van der Waals surface area contributed by atoms with Gasteiger partial charge in [-0.25, -0.2) is 0 Å². The summed E-state index contributed by atoms with van der Waals surface area (Å²) in [6, 6.07) is 14.4. The highest BCUT2D eigenvalue weighted by Gasteiger charge is 2.76. The normalized spacial score (nSPS) is 37.1. The maximum absolute atomic E-state index is 12.5. The summed E-state index contributed by atoms with van der Waals surface area (Å²) >= 11 is 3.36. The van der Waals surface area contributed by atoms with Gasteiger partial charge in [0.15, 0.2) is 16.6 Å². The highest BCUT2D eigenvalue weighted by molar-refractivity contribution is 9.09. The van der Waals surface area contributed by atoms with Gasteiger partial charge in [-0.05, 0) is 5.56 Å². The van der Waals surface area contributed by atoms with Crippen molar-refractivity contribution in [3.8, 4) is 18.2 Å². The van der Waals surface area contributed by atoms with Gasteiger partial charge in [0.05, 0.1) is 23.0 Å². The summed E-state index contributed by atoms with van der Waals surface area (Å²) < 4.78 is 0. The molecule has 114 valence electrons. The van der Waals surface area contributed by atoms with Crippen LogP contribution in [0.2, 0.25) is 0 Å². The van der Waals surface area contributed by atoms with Crippen LogP contribution in [0.15, 0.2) is 30.3 Å². The Morgan fingerprint density at radius 1 is 1.17 bits per heavy atom. The van der Waals surface area contributed by atoms with Crippen molar-refractivity contribution in [3.63, 3.8) is 0 Å². The van der Waals surface area contributed by atoms with Crippen molar-refractivity contribution >= 4 is 21.8 Å². The molecule has 4 atom stereocenters. The average Bonchev–Trinajstić information content (AvgIpc) is 2.82. The third kappa shape index (κ3) is 1.65. The fourth-order valence-electron chi connectivity index (χ4n) is 3.69. The highest BCUT2D eigenvalue weighted by Crippen LogP contribution is 2.63. The van der Waals surface area contributed by atoms with E-state index >= 15 is 0 Å². The number of carbonyl (C=O) groups is 1. The zero-order chi connectivity index (χ0) is 16.9. The molecular weight excluding hydrogens is 360 g/mol. The average molecular weight is 371 g/mol. The molecule has 0 radical (unpaired) electrons. The molecule has 0 aromatic heterocycles. The second-order valence-corrected chi connectivity index (χ2v) is 6.88. The molecule has 1 saturated heterocycles. The predicted octanol–water partition coefficient (Wildman–Crippen LogP) is 1.30. The van der Waals surface area contributed by atoms with Crippen molar-refractivity contribution in [2.24, 2.45) is 10.8 Å². The van der Waals surface area contributed by atoms with E-state index in [1.165, 1.54) is 0 Å². The van der Waals surface area contributed by atoms with Crippen molar-refractivity contribution in [3.05, 3.63) is 35.9 Å². The van der Waals surface area contributed by atoms with Crippen LogP contribution in [0.5, 0.6) is 0 Å². The molecule has 1 aliphatic heterocycles. The lowest BCUT2D eigenvalue weighted by Crippen LogP contribution is -2.58. The van der Waals surface area contributed by atoms with Gasteiger partial charge >= 0.3 is 0 Å². The van der Waals surface area contributed by atoms with Gasteiger partial charge in [-0.2, -0.15) is 15.8 Å². The maximum atomic E-state index is 12.5. The van der Waals surface area contributed by atoms with Gasteiger partial charge in [0.25, 0.3) is 0 Å². The molecule has 7 heteroatoms. The molecule has 2 fully saturated rings. The lowest BCUT2D eigenvalue weighted by molar-refractivity contribution is -0.128. The largest absolute Gasteiger partial charge is 0.370 e. The molecule has 3 rings (SSSR count). The van der Waals surface area contributed by atoms with Crippen LogP contribution < -0.4 is 5.32 Å². The lowest BCUT2D eigenvalue weighted by atomic mass is 9.51. The quantitative estimate of drug-likeness (QED) is 0.721. The summed E-state index contributed by atoms with van der Waals surface area (Å²) in [6.45, 7) is 0. The topological polar surface area (TPSA) is 121 Å². The summed E-state index contributed by atoms with van der Waals surface area (Å²) in [5.74, 6) is -1.63. The minimum absolute atomic E-state index is 0.310. The standard InChI is InChI=1S/C16H11BrN4O2/c17-12-11(10-4-2-1-3-5-10)15(8-19,9-20)14(7-18)6-16(12,23)21-13(14)22/h1-5,11-12,23H,6H2,(H,21,22)/t11-,12-,14+,16-/m1/s1. The Morgan fingerprint density at radius 3 is 2.30 bits per heavy atom. The minimum atomic E-state index is -1.92. The number of fused-ring (bicyclic) bond motifs is 2. The first-order chi connectivity index (χ1) is 10.9. The highest BCUT2D eigenvalue weighted by atomic mass is 79.9. The van der Waals surface area contributed by atoms with Gasteiger partial charge in [0.1, 0.15) is 0 Å². The first-order valence-corrected chi connectivity index (χ1v) is 7.80. The fraction of sp³-hybridized carbons (Fsp3) is 0.375. The van der Waals surface area contributed by atoms with Gasteiger partial charge in [-0.1, -0.05) is 46.3 Å². The zero-order valence-electron chi connectivity index (χ0n) is 11.8. The monoisotopic (exact) mass is 370 g/mol. The minimum Gasteiger partial charge on any atom is -0.370 e. The molecule has 2 aliphatic rings. The molecule has 2 bridgehead atoms. The van der Waals surface area contributed by atoms with Crippen LogP contribution in [0.1, 0.15) is 17.9 Å². The van der Waals surface area contributed by atoms with Crippen LogP contribution in [-0.4, -0.2) is 21.6 Å². The molecule has 0 unspecified atom stereocenters. The van der Waals surface area contributed by atoms with E-state index in [2.05, 4.69) is 21.2 Å². The SMILES string of the molecule is N#CC1(C#N)[C@H](c2ccccc2)[C@@H](Br)[C@]2(O)C[C@]1(C#N)C(=O)N2. The van der Waals surface area contributed by atoms with Crippen molar-refractivity contribution in [1.82, 2.24) is 5.32 Å². The molecule has 1 amide bonds. The molecule has 1 heterocycles. The number of halogens is 1. The third-order valence-electron chi connectivity index (χ3n) is 4.84. The van der Waals surface area contributed by atoms with E-state index < -0.39 is 33.2 Å². The Hall–Kier alpha value is -2.40. The predicted molar refractivity (Wildman–Crippen MR) is 81.3 cm³/mol. The molecule has 23 heavy (non-hydrogen) atoms. The number of benzene rings is 1. The number of aliphatic hydroxyl groups is 1. The number of alkyl halides is 1. The van der Waals surface area contributed by atoms with E-state index in [1.807, 2.05) is 18.2 Å². The van der Waals surface area contributed by atoms with Crippen molar-refractivity contribution in [2.75, 3.05) is 0 Å². The van der Waals surface area contributed by atoms with Crippen LogP contribution in [0, 0.1) is 44.8 Å². The Balaban J connectivity index is 2.35. The Morgan fingerprint density at radius 2 is 1.78 bits per heavy atom. The number of rotatable bonds is 1. The number of hydrogen-bond donors (Lipinski definition) is 2. The molecular formula is C16H11BrN4O2. The number of hydrogen-bond acceptors (Lipinski definition) is 5. The van der Waals surface area contributed by atoms with Gasteiger partial charge < -0.3 is 10.4 Å². The number of amides is 1. The summed E-state index contributed by atoms with van der Waals surface area (Å²) in [6.07, 6.45) is -0.310. The molecule has 1 aromatic carbocycles. The van der Waals surface area contributed by atoms with Crippen LogP contribution >= 0.6 is 15.9 Å². The van der Waals surface area contributed by atoms with E-state index in [-0.39, 0.29) is 6.42 Å². The molecule has 1 aliphatic carbocycles. The maximum Gasteiger partial charge on any atom is 0.245 e.